The molecule has 1 aliphatic carbocycles. The molecule has 76 valence electrons. The summed E-state index contributed by atoms with van der Waals surface area (Å²) in [4.78, 5) is 0. The second-order valence-electron chi connectivity index (χ2n) is 4.03. The molecular formula is C10H20N2S. The molecule has 2 nitrogen and oxygen atoms in total. The van der Waals surface area contributed by atoms with Gasteiger partial charge in [-0.1, -0.05) is 19.8 Å². The van der Waals surface area contributed by atoms with Gasteiger partial charge in [0.1, 0.15) is 0 Å². The summed E-state index contributed by atoms with van der Waals surface area (Å²) < 4.78 is 0. The molecule has 2 N–H and O–H groups in total. The zero-order chi connectivity index (χ0) is 9.68. The van der Waals surface area contributed by atoms with E-state index in [1.54, 1.807) is 0 Å². The van der Waals surface area contributed by atoms with Crippen molar-refractivity contribution in [2.24, 2.45) is 5.92 Å². The quantitative estimate of drug-likeness (QED) is 0.500. The van der Waals surface area contributed by atoms with Gasteiger partial charge in [-0.3, -0.25) is 0 Å². The van der Waals surface area contributed by atoms with Crippen molar-refractivity contribution >= 4 is 17.3 Å². The summed E-state index contributed by atoms with van der Waals surface area (Å²) in [6, 6.07) is 0.602. The first-order chi connectivity index (χ1) is 6.22. The Morgan fingerprint density at radius 1 is 1.23 bits per heavy atom. The lowest BCUT2D eigenvalue weighted by Crippen LogP contribution is -2.40. The van der Waals surface area contributed by atoms with Crippen molar-refractivity contribution in [3.05, 3.63) is 0 Å². The van der Waals surface area contributed by atoms with E-state index in [1.165, 1.54) is 32.1 Å². The molecule has 0 radical (unpaired) electrons. The first-order valence-corrected chi connectivity index (χ1v) is 5.61. The summed E-state index contributed by atoms with van der Waals surface area (Å²) in [6.07, 6.45) is 6.59. The van der Waals surface area contributed by atoms with Gasteiger partial charge in [0.15, 0.2) is 5.11 Å². The maximum Gasteiger partial charge on any atom is 0.166 e. The standard InChI is InChI=1S/C10H20N2S/c1-8-4-3-5-9(7-6-8)12-10(13)11-2/h8-9H,3-7H2,1-2H3,(H2,11,12,13). The van der Waals surface area contributed by atoms with Crippen molar-refractivity contribution in [3.8, 4) is 0 Å². The highest BCUT2D eigenvalue weighted by molar-refractivity contribution is 7.80. The molecule has 1 fully saturated rings. The second-order valence-corrected chi connectivity index (χ2v) is 4.44. The molecule has 1 saturated carbocycles. The maximum atomic E-state index is 5.09. The molecule has 0 bridgehead atoms. The fourth-order valence-electron chi connectivity index (χ4n) is 1.89. The first-order valence-electron chi connectivity index (χ1n) is 5.20. The summed E-state index contributed by atoms with van der Waals surface area (Å²) in [5.41, 5.74) is 0. The van der Waals surface area contributed by atoms with Gasteiger partial charge in [-0.25, -0.2) is 0 Å². The average molecular weight is 200 g/mol. The zero-order valence-electron chi connectivity index (χ0n) is 8.60. The number of hydrogen-bond acceptors (Lipinski definition) is 1. The molecule has 2 unspecified atom stereocenters. The van der Waals surface area contributed by atoms with Gasteiger partial charge in [0.25, 0.3) is 0 Å². The second kappa shape index (κ2) is 5.43. The van der Waals surface area contributed by atoms with E-state index in [1.807, 2.05) is 7.05 Å². The highest BCUT2D eigenvalue weighted by Gasteiger charge is 2.15. The molecule has 0 amide bonds. The Morgan fingerprint density at radius 3 is 2.69 bits per heavy atom. The van der Waals surface area contributed by atoms with Gasteiger partial charge in [-0.15, -0.1) is 0 Å². The lowest BCUT2D eigenvalue weighted by Gasteiger charge is -2.17. The van der Waals surface area contributed by atoms with E-state index in [-0.39, 0.29) is 0 Å². The van der Waals surface area contributed by atoms with E-state index in [2.05, 4.69) is 17.6 Å². The summed E-state index contributed by atoms with van der Waals surface area (Å²) >= 11 is 5.09. The van der Waals surface area contributed by atoms with Crippen LogP contribution < -0.4 is 10.6 Å². The van der Waals surface area contributed by atoms with Crippen molar-refractivity contribution in [3.63, 3.8) is 0 Å². The Morgan fingerprint density at radius 2 is 2.00 bits per heavy atom. The number of nitrogens with one attached hydrogen (secondary N) is 2. The van der Waals surface area contributed by atoms with Gasteiger partial charge in [-0.05, 0) is 37.4 Å². The van der Waals surface area contributed by atoms with Crippen LogP contribution in [0.1, 0.15) is 39.0 Å². The predicted octanol–water partition coefficient (Wildman–Crippen LogP) is 2.05. The molecule has 1 rings (SSSR count). The molecule has 0 aromatic rings. The molecule has 2 atom stereocenters. The molecule has 0 aromatic carbocycles. The van der Waals surface area contributed by atoms with Crippen LogP contribution in [0.15, 0.2) is 0 Å². The van der Waals surface area contributed by atoms with Crippen molar-refractivity contribution in [2.45, 2.75) is 45.1 Å². The van der Waals surface area contributed by atoms with Crippen LogP contribution in [-0.2, 0) is 0 Å². The number of rotatable bonds is 1. The summed E-state index contributed by atoms with van der Waals surface area (Å²) in [6.45, 7) is 2.35. The third-order valence-corrected chi connectivity index (χ3v) is 3.14. The van der Waals surface area contributed by atoms with Crippen molar-refractivity contribution in [2.75, 3.05) is 7.05 Å². The van der Waals surface area contributed by atoms with Crippen LogP contribution in [-0.4, -0.2) is 18.2 Å². The van der Waals surface area contributed by atoms with Crippen LogP contribution in [0.25, 0.3) is 0 Å². The number of hydrogen-bond donors (Lipinski definition) is 2. The van der Waals surface area contributed by atoms with E-state index in [0.717, 1.165) is 11.0 Å². The molecule has 0 spiro atoms. The molecule has 0 aliphatic heterocycles. The van der Waals surface area contributed by atoms with Crippen LogP contribution in [0.2, 0.25) is 0 Å². The SMILES string of the molecule is CNC(=S)NC1CCCC(C)CC1. The Bertz CT molecular complexity index is 170. The summed E-state index contributed by atoms with van der Waals surface area (Å²) in [5, 5.41) is 7.10. The molecule has 1 aliphatic rings. The van der Waals surface area contributed by atoms with Crippen LogP contribution in [0.4, 0.5) is 0 Å². The number of thiocarbonyl (C=S) groups is 1. The minimum absolute atomic E-state index is 0.602. The van der Waals surface area contributed by atoms with Gasteiger partial charge >= 0.3 is 0 Å². The van der Waals surface area contributed by atoms with Crippen molar-refractivity contribution < 1.29 is 0 Å². The Hall–Kier alpha value is -0.310. The van der Waals surface area contributed by atoms with Crippen LogP contribution in [0, 0.1) is 5.92 Å². The van der Waals surface area contributed by atoms with Gasteiger partial charge < -0.3 is 10.6 Å². The predicted molar refractivity (Wildman–Crippen MR) is 60.8 cm³/mol. The van der Waals surface area contributed by atoms with Gasteiger partial charge in [0.2, 0.25) is 0 Å². The topological polar surface area (TPSA) is 24.1 Å². The van der Waals surface area contributed by atoms with Gasteiger partial charge in [0.05, 0.1) is 0 Å². The molecule has 0 heterocycles. The molecule has 13 heavy (non-hydrogen) atoms. The van der Waals surface area contributed by atoms with Crippen LogP contribution in [0.5, 0.6) is 0 Å². The third-order valence-electron chi connectivity index (χ3n) is 2.82. The Kier molecular flexibility index (Phi) is 4.50. The van der Waals surface area contributed by atoms with Crippen molar-refractivity contribution in [1.82, 2.24) is 10.6 Å². The lowest BCUT2D eigenvalue weighted by atomic mass is 10.0. The first kappa shape index (κ1) is 10.8. The van der Waals surface area contributed by atoms with Gasteiger partial charge in [0, 0.05) is 13.1 Å². The van der Waals surface area contributed by atoms with E-state index in [9.17, 15) is 0 Å². The monoisotopic (exact) mass is 200 g/mol. The largest absolute Gasteiger partial charge is 0.366 e. The molecule has 0 saturated heterocycles. The molecule has 0 aromatic heterocycles. The summed E-state index contributed by atoms with van der Waals surface area (Å²) in [7, 11) is 1.87. The smallest absolute Gasteiger partial charge is 0.166 e. The van der Waals surface area contributed by atoms with Crippen LogP contribution >= 0.6 is 12.2 Å². The highest BCUT2D eigenvalue weighted by Crippen LogP contribution is 2.22. The normalized spacial score (nSPS) is 29.1. The molecule has 3 heteroatoms. The van der Waals surface area contributed by atoms with E-state index >= 15 is 0 Å². The van der Waals surface area contributed by atoms with Crippen molar-refractivity contribution in [1.29, 1.82) is 0 Å². The van der Waals surface area contributed by atoms with Crippen LogP contribution in [0.3, 0.4) is 0 Å². The lowest BCUT2D eigenvalue weighted by molar-refractivity contribution is 0.489. The third kappa shape index (κ3) is 3.94. The highest BCUT2D eigenvalue weighted by atomic mass is 32.1. The summed E-state index contributed by atoms with van der Waals surface area (Å²) in [5.74, 6) is 0.898. The van der Waals surface area contributed by atoms with Gasteiger partial charge in [-0.2, -0.15) is 0 Å². The molecular weight excluding hydrogens is 180 g/mol. The fourth-order valence-corrected chi connectivity index (χ4v) is 2.06. The minimum Gasteiger partial charge on any atom is -0.366 e. The zero-order valence-corrected chi connectivity index (χ0v) is 9.41. The van der Waals surface area contributed by atoms with E-state index in [0.29, 0.717) is 6.04 Å². The Balaban J connectivity index is 2.29. The average Bonchev–Trinajstić information content (AvgIpc) is 2.31. The fraction of sp³-hybridized carbons (Fsp3) is 0.900. The van der Waals surface area contributed by atoms with E-state index in [4.69, 9.17) is 12.2 Å². The maximum absolute atomic E-state index is 5.09. The van der Waals surface area contributed by atoms with E-state index < -0.39 is 0 Å². The Labute approximate surface area is 86.5 Å². The minimum atomic E-state index is 0.602.